The first-order valence-electron chi connectivity index (χ1n) is 9.47. The number of hydrogen-bond donors (Lipinski definition) is 2. The van der Waals surface area contributed by atoms with E-state index in [1.54, 1.807) is 48.5 Å². The predicted octanol–water partition coefficient (Wildman–Crippen LogP) is 3.92. The van der Waals surface area contributed by atoms with Crippen LogP contribution in [0, 0.1) is 0 Å². The molecule has 0 aliphatic carbocycles. The second-order valence-electron chi connectivity index (χ2n) is 6.81. The average Bonchev–Trinajstić information content (AvgIpc) is 2.67. The monoisotopic (exact) mass is 452 g/mol. The predicted molar refractivity (Wildman–Crippen MR) is 117 cm³/mol. The number of ether oxygens (including phenoxy) is 1. The van der Waals surface area contributed by atoms with Crippen molar-refractivity contribution in [2.45, 2.75) is 32.2 Å². The molecule has 0 aromatic heterocycles. The Balaban J connectivity index is 2.02. The summed E-state index contributed by atoms with van der Waals surface area (Å²) in [6.07, 6.45) is 2.65. The van der Waals surface area contributed by atoms with Gasteiger partial charge in [-0.25, -0.2) is 17.9 Å². The summed E-state index contributed by atoms with van der Waals surface area (Å²) < 4.78 is 31.0. The van der Waals surface area contributed by atoms with Gasteiger partial charge in [0.15, 0.2) is 0 Å². The van der Waals surface area contributed by atoms with Crippen molar-refractivity contribution in [3.05, 3.63) is 64.7 Å². The lowest BCUT2D eigenvalue weighted by atomic mass is 10.0. The lowest BCUT2D eigenvalue weighted by molar-refractivity contribution is -0.116. The highest BCUT2D eigenvalue weighted by Gasteiger charge is 2.20. The Morgan fingerprint density at radius 3 is 2.27 bits per heavy atom. The van der Waals surface area contributed by atoms with Crippen LogP contribution in [0.1, 0.15) is 48.1 Å². The van der Waals surface area contributed by atoms with Crippen molar-refractivity contribution in [2.24, 2.45) is 0 Å². The van der Waals surface area contributed by atoms with Gasteiger partial charge in [-0.1, -0.05) is 37.1 Å². The Kier molecular flexibility index (Phi) is 8.83. The van der Waals surface area contributed by atoms with Gasteiger partial charge in [0.05, 0.1) is 24.5 Å². The third-order valence-corrected chi connectivity index (χ3v) is 5.12. The van der Waals surface area contributed by atoms with Gasteiger partial charge in [0, 0.05) is 17.1 Å². The van der Waals surface area contributed by atoms with Crippen molar-refractivity contribution in [1.82, 2.24) is 4.72 Å². The summed E-state index contributed by atoms with van der Waals surface area (Å²) in [6.45, 7) is 2.38. The zero-order valence-electron chi connectivity index (χ0n) is 16.9. The summed E-state index contributed by atoms with van der Waals surface area (Å²) >= 11 is 5.88. The SMILES string of the molecule is CCCCOC(=O)c1ccc(NC(=O)CC(NS(C)(=O)=O)c2ccc(Cl)cc2)cc1. The van der Waals surface area contributed by atoms with E-state index >= 15 is 0 Å². The lowest BCUT2D eigenvalue weighted by Crippen LogP contribution is -2.30. The summed E-state index contributed by atoms with van der Waals surface area (Å²) in [6, 6.07) is 12.2. The van der Waals surface area contributed by atoms with Crippen molar-refractivity contribution in [1.29, 1.82) is 0 Å². The summed E-state index contributed by atoms with van der Waals surface area (Å²) in [4.78, 5) is 24.4. The zero-order valence-corrected chi connectivity index (χ0v) is 18.4. The molecule has 30 heavy (non-hydrogen) atoms. The Labute approximate surface area is 181 Å². The Bertz CT molecular complexity index is 960. The summed E-state index contributed by atoms with van der Waals surface area (Å²) in [5.41, 5.74) is 1.49. The number of anilines is 1. The summed E-state index contributed by atoms with van der Waals surface area (Å²) in [5.74, 6) is -0.800. The average molecular weight is 453 g/mol. The van der Waals surface area contributed by atoms with Crippen LogP contribution in [0.5, 0.6) is 0 Å². The van der Waals surface area contributed by atoms with Crippen LogP contribution in [0.2, 0.25) is 5.02 Å². The summed E-state index contributed by atoms with van der Waals surface area (Å²) in [5, 5.41) is 3.21. The van der Waals surface area contributed by atoms with E-state index in [0.717, 1.165) is 19.1 Å². The number of rotatable bonds is 10. The molecule has 2 N–H and O–H groups in total. The molecule has 0 saturated heterocycles. The fourth-order valence-electron chi connectivity index (χ4n) is 2.66. The van der Waals surface area contributed by atoms with Crippen molar-refractivity contribution in [3.8, 4) is 0 Å². The number of esters is 1. The Morgan fingerprint density at radius 2 is 1.70 bits per heavy atom. The highest BCUT2D eigenvalue weighted by molar-refractivity contribution is 7.88. The van der Waals surface area contributed by atoms with E-state index in [1.165, 1.54) is 0 Å². The number of sulfonamides is 1. The second kappa shape index (κ2) is 11.1. The van der Waals surface area contributed by atoms with Gasteiger partial charge in [-0.3, -0.25) is 4.79 Å². The third-order valence-electron chi connectivity index (χ3n) is 4.15. The highest BCUT2D eigenvalue weighted by atomic mass is 35.5. The third kappa shape index (κ3) is 8.14. The molecule has 1 atom stereocenters. The number of carbonyl (C=O) groups is 2. The van der Waals surface area contributed by atoms with Gasteiger partial charge in [0.1, 0.15) is 0 Å². The molecule has 9 heteroatoms. The first kappa shape index (κ1) is 23.9. The minimum atomic E-state index is -3.54. The topological polar surface area (TPSA) is 102 Å². The number of nitrogens with one attached hydrogen (secondary N) is 2. The largest absolute Gasteiger partial charge is 0.462 e. The van der Waals surface area contributed by atoms with Crippen molar-refractivity contribution in [2.75, 3.05) is 18.2 Å². The lowest BCUT2D eigenvalue weighted by Gasteiger charge is -2.18. The van der Waals surface area contributed by atoms with Crippen LogP contribution in [0.25, 0.3) is 0 Å². The van der Waals surface area contributed by atoms with E-state index in [9.17, 15) is 18.0 Å². The van der Waals surface area contributed by atoms with E-state index in [-0.39, 0.29) is 12.3 Å². The highest BCUT2D eigenvalue weighted by Crippen LogP contribution is 2.21. The normalized spacial score (nSPS) is 12.2. The minimum Gasteiger partial charge on any atom is -0.462 e. The maximum atomic E-state index is 12.5. The first-order chi connectivity index (χ1) is 14.2. The van der Waals surface area contributed by atoms with E-state index in [1.807, 2.05) is 6.92 Å². The fraction of sp³-hybridized carbons (Fsp3) is 0.333. The molecular formula is C21H25ClN2O5S. The van der Waals surface area contributed by atoms with Crippen LogP contribution in [0.3, 0.4) is 0 Å². The van der Waals surface area contributed by atoms with Crippen molar-refractivity contribution >= 4 is 39.2 Å². The van der Waals surface area contributed by atoms with E-state index in [2.05, 4.69) is 10.0 Å². The van der Waals surface area contributed by atoms with E-state index in [4.69, 9.17) is 16.3 Å². The van der Waals surface area contributed by atoms with Gasteiger partial charge in [-0.2, -0.15) is 0 Å². The molecule has 2 aromatic carbocycles. The van der Waals surface area contributed by atoms with Gasteiger partial charge in [-0.05, 0) is 48.4 Å². The zero-order chi connectivity index (χ0) is 22.1. The quantitative estimate of drug-likeness (QED) is 0.420. The number of halogens is 1. The molecule has 162 valence electrons. The standard InChI is InChI=1S/C21H25ClN2O5S/c1-3-4-13-29-21(26)16-7-11-18(12-8-16)23-20(25)14-19(24-30(2,27)28)15-5-9-17(22)10-6-15/h5-12,19,24H,3-4,13-14H2,1-2H3,(H,23,25). The summed E-state index contributed by atoms with van der Waals surface area (Å²) in [7, 11) is -3.54. The number of amides is 1. The molecule has 0 aliphatic rings. The van der Waals surface area contributed by atoms with Gasteiger partial charge in [0.25, 0.3) is 0 Å². The second-order valence-corrected chi connectivity index (χ2v) is 9.03. The molecule has 0 fully saturated rings. The number of benzene rings is 2. The van der Waals surface area contributed by atoms with Gasteiger partial charge in [-0.15, -0.1) is 0 Å². The van der Waals surface area contributed by atoms with Crippen LogP contribution in [-0.2, 0) is 19.6 Å². The van der Waals surface area contributed by atoms with E-state index in [0.29, 0.717) is 28.4 Å². The number of carbonyl (C=O) groups excluding carboxylic acids is 2. The Hall–Kier alpha value is -2.42. The van der Waals surface area contributed by atoms with Crippen molar-refractivity contribution in [3.63, 3.8) is 0 Å². The van der Waals surface area contributed by atoms with E-state index < -0.39 is 22.0 Å². The number of hydrogen-bond acceptors (Lipinski definition) is 5. The van der Waals surface area contributed by atoms with Crippen LogP contribution in [-0.4, -0.2) is 33.2 Å². The molecule has 0 heterocycles. The van der Waals surface area contributed by atoms with Crippen molar-refractivity contribution < 1.29 is 22.7 Å². The minimum absolute atomic E-state index is 0.116. The maximum Gasteiger partial charge on any atom is 0.338 e. The molecule has 1 amide bonds. The molecule has 0 spiro atoms. The smallest absolute Gasteiger partial charge is 0.338 e. The molecule has 0 radical (unpaired) electrons. The first-order valence-corrected chi connectivity index (χ1v) is 11.7. The molecular weight excluding hydrogens is 428 g/mol. The molecule has 7 nitrogen and oxygen atoms in total. The number of unbranched alkanes of at least 4 members (excludes halogenated alkanes) is 1. The van der Waals surface area contributed by atoms with Gasteiger partial charge < -0.3 is 10.1 Å². The van der Waals surface area contributed by atoms with Gasteiger partial charge >= 0.3 is 5.97 Å². The molecule has 0 bridgehead atoms. The molecule has 0 saturated carbocycles. The van der Waals surface area contributed by atoms with Gasteiger partial charge in [0.2, 0.25) is 15.9 Å². The molecule has 2 rings (SSSR count). The van der Waals surface area contributed by atoms with Crippen LogP contribution < -0.4 is 10.0 Å². The fourth-order valence-corrected chi connectivity index (χ4v) is 3.52. The molecule has 1 unspecified atom stereocenters. The molecule has 2 aromatic rings. The van der Waals surface area contributed by atoms with Crippen LogP contribution >= 0.6 is 11.6 Å². The Morgan fingerprint density at radius 1 is 1.07 bits per heavy atom. The maximum absolute atomic E-state index is 12.5. The van der Waals surface area contributed by atoms with Crippen LogP contribution in [0.4, 0.5) is 5.69 Å². The van der Waals surface area contributed by atoms with Crippen LogP contribution in [0.15, 0.2) is 48.5 Å². The molecule has 0 aliphatic heterocycles.